The Morgan fingerprint density at radius 2 is 2.03 bits per heavy atom. The maximum Gasteiger partial charge on any atom is 0.352 e. The number of carboxylic acids is 1. The van der Waals surface area contributed by atoms with Crippen LogP contribution in [0.5, 0.6) is 0 Å². The van der Waals surface area contributed by atoms with Crippen molar-refractivity contribution in [3.8, 4) is 0 Å². The van der Waals surface area contributed by atoms with E-state index in [1.54, 1.807) is 30.3 Å². The van der Waals surface area contributed by atoms with Gasteiger partial charge in [0.25, 0.3) is 11.8 Å². The average Bonchev–Trinajstić information content (AvgIpc) is 3.20. The Hall–Kier alpha value is -3.14. The Balaban J connectivity index is 0.00000380. The number of nitrogens with two attached hydrogens (primary N) is 1. The van der Waals surface area contributed by atoms with E-state index in [4.69, 9.17) is 15.3 Å². The van der Waals surface area contributed by atoms with E-state index in [0.29, 0.717) is 9.35 Å². The van der Waals surface area contributed by atoms with Crippen molar-refractivity contribution in [2.24, 2.45) is 5.16 Å². The summed E-state index contributed by atoms with van der Waals surface area (Å²) in [5, 5.41) is 15.6. The average molecular weight is 633 g/mol. The van der Waals surface area contributed by atoms with Gasteiger partial charge >= 0.3 is 11.9 Å². The van der Waals surface area contributed by atoms with Gasteiger partial charge in [-0.3, -0.25) is 14.5 Å². The van der Waals surface area contributed by atoms with Crippen molar-refractivity contribution in [2.45, 2.75) is 11.4 Å². The van der Waals surface area contributed by atoms with E-state index >= 15 is 0 Å². The zero-order valence-corrected chi connectivity index (χ0v) is 22.9. The second-order valence-electron chi connectivity index (χ2n) is 7.36. The standard InChI is InChI=1S/C21H18BrN5O7S2.ClH/c1-33-26-12(11-15(22)36-21(23)25-11)16(28)24-13-17(29)27-14(19(30)31)10(8-35-18(13)27)7-34-20(32)9-5-3-2-4-6-9;/h2-6,13,18H,7-8H2,1H3,(H2,23,25)(H,24,28)(H,30,31);1H/t13?,18-;/m0./s1. The lowest BCUT2D eigenvalue weighted by atomic mass is 10.0. The van der Waals surface area contributed by atoms with Crippen molar-refractivity contribution in [2.75, 3.05) is 25.2 Å². The van der Waals surface area contributed by atoms with E-state index in [1.807, 2.05) is 0 Å². The van der Waals surface area contributed by atoms with Crippen LogP contribution in [0, 0.1) is 0 Å². The number of carbonyl (C=O) groups is 4. The number of thiazole rings is 1. The Labute approximate surface area is 232 Å². The molecule has 1 fully saturated rings. The fraction of sp³-hybridized carbons (Fsp3) is 0.238. The molecule has 37 heavy (non-hydrogen) atoms. The number of anilines is 1. The number of hydrogen-bond donors (Lipinski definition) is 3. The molecule has 16 heteroatoms. The molecule has 12 nitrogen and oxygen atoms in total. The van der Waals surface area contributed by atoms with Crippen molar-refractivity contribution in [1.82, 2.24) is 15.2 Å². The highest BCUT2D eigenvalue weighted by Crippen LogP contribution is 2.40. The summed E-state index contributed by atoms with van der Waals surface area (Å²) in [7, 11) is 1.25. The highest BCUT2D eigenvalue weighted by atomic mass is 79.9. The van der Waals surface area contributed by atoms with Gasteiger partial charge in [0.15, 0.2) is 10.8 Å². The zero-order chi connectivity index (χ0) is 26.0. The van der Waals surface area contributed by atoms with Crippen LogP contribution in [0.25, 0.3) is 0 Å². The normalized spacial score (nSPS) is 18.8. The summed E-state index contributed by atoms with van der Waals surface area (Å²) in [5.74, 6) is -3.15. The van der Waals surface area contributed by atoms with Crippen LogP contribution < -0.4 is 11.1 Å². The maximum atomic E-state index is 12.9. The van der Waals surface area contributed by atoms with Gasteiger partial charge < -0.3 is 25.7 Å². The van der Waals surface area contributed by atoms with Gasteiger partial charge in [0.2, 0.25) is 0 Å². The summed E-state index contributed by atoms with van der Waals surface area (Å²) in [6, 6.07) is 7.25. The number of aromatic nitrogens is 1. The van der Waals surface area contributed by atoms with E-state index in [1.165, 1.54) is 18.9 Å². The first-order chi connectivity index (χ1) is 17.2. The number of carboxylic acid groups (broad SMARTS) is 1. The van der Waals surface area contributed by atoms with Gasteiger partial charge in [-0.2, -0.15) is 0 Å². The van der Waals surface area contributed by atoms with Gasteiger partial charge in [-0.05, 0) is 28.1 Å². The number of halogens is 2. The van der Waals surface area contributed by atoms with Crippen LogP contribution in [-0.2, 0) is 24.0 Å². The molecule has 1 aromatic carbocycles. The van der Waals surface area contributed by atoms with Crippen LogP contribution in [0.2, 0.25) is 0 Å². The zero-order valence-electron chi connectivity index (χ0n) is 18.9. The number of nitrogens with zero attached hydrogens (tertiary/aromatic N) is 3. The lowest BCUT2D eigenvalue weighted by molar-refractivity contribution is -0.150. The molecule has 0 saturated carbocycles. The third-order valence-corrected chi connectivity index (χ3v) is 8.02. The Morgan fingerprint density at radius 1 is 1.32 bits per heavy atom. The topological polar surface area (TPSA) is 174 Å². The minimum absolute atomic E-state index is 0. The SMILES string of the molecule is CON=C(C(=O)NC1C(=O)N2C(C(=O)O)=C(COC(=O)c3ccccc3)CS[C@@H]12)c1nc(N)sc1Br.Cl. The van der Waals surface area contributed by atoms with Gasteiger partial charge in [0.05, 0.1) is 5.56 Å². The molecule has 0 aliphatic carbocycles. The minimum Gasteiger partial charge on any atom is -0.477 e. The number of esters is 1. The molecule has 3 heterocycles. The number of β-lactam (4-membered cyclic amide) rings is 1. The number of aliphatic carboxylic acids is 1. The number of carbonyl (C=O) groups excluding carboxylic acids is 3. The van der Waals surface area contributed by atoms with E-state index in [2.05, 4.69) is 31.4 Å². The Bertz CT molecular complexity index is 1300. The molecule has 2 aromatic rings. The van der Waals surface area contributed by atoms with Crippen LogP contribution in [-0.4, -0.2) is 75.3 Å². The van der Waals surface area contributed by atoms with Gasteiger partial charge in [0.1, 0.15) is 40.3 Å². The molecule has 0 radical (unpaired) electrons. The predicted molar refractivity (Wildman–Crippen MR) is 141 cm³/mol. The number of nitrogen functional groups attached to an aromatic ring is 1. The summed E-state index contributed by atoms with van der Waals surface area (Å²) in [4.78, 5) is 60.0. The van der Waals surface area contributed by atoms with E-state index in [9.17, 15) is 24.3 Å². The molecule has 1 aromatic heterocycles. The van der Waals surface area contributed by atoms with Gasteiger partial charge in [-0.1, -0.05) is 34.7 Å². The molecule has 0 bridgehead atoms. The number of nitrogens with one attached hydrogen (secondary N) is 1. The fourth-order valence-corrected chi connectivity index (χ4v) is 6.22. The van der Waals surface area contributed by atoms with Crippen molar-refractivity contribution >= 4 is 86.0 Å². The van der Waals surface area contributed by atoms with Crippen LogP contribution in [0.3, 0.4) is 0 Å². The Morgan fingerprint density at radius 3 is 2.62 bits per heavy atom. The summed E-state index contributed by atoms with van der Waals surface area (Å²) in [6.45, 7) is -0.292. The van der Waals surface area contributed by atoms with Crippen LogP contribution >= 0.6 is 51.4 Å². The quantitative estimate of drug-likeness (QED) is 0.169. The molecule has 2 aliphatic heterocycles. The maximum absolute atomic E-state index is 12.9. The summed E-state index contributed by atoms with van der Waals surface area (Å²) in [6.07, 6.45) is 0. The van der Waals surface area contributed by atoms with Gasteiger partial charge in [-0.15, -0.1) is 24.2 Å². The number of ether oxygens (including phenoxy) is 1. The molecule has 196 valence electrons. The number of oxime groups is 1. The molecule has 0 spiro atoms. The molecule has 2 aliphatic rings. The van der Waals surface area contributed by atoms with Crippen molar-refractivity contribution in [3.63, 3.8) is 0 Å². The first-order valence-electron chi connectivity index (χ1n) is 10.2. The molecule has 2 amide bonds. The summed E-state index contributed by atoms with van der Waals surface area (Å²) < 4.78 is 5.72. The molecule has 4 N–H and O–H groups in total. The number of fused-ring (bicyclic) bond motifs is 1. The lowest BCUT2D eigenvalue weighted by Gasteiger charge is -2.49. The third kappa shape index (κ3) is 5.74. The number of benzene rings is 1. The fourth-order valence-electron chi connectivity index (χ4n) is 3.56. The second-order valence-corrected chi connectivity index (χ2v) is 10.8. The van der Waals surface area contributed by atoms with Crippen molar-refractivity contribution in [1.29, 1.82) is 0 Å². The first-order valence-corrected chi connectivity index (χ1v) is 12.8. The minimum atomic E-state index is -1.34. The second kappa shape index (κ2) is 11.9. The number of thioether (sulfide) groups is 1. The molecule has 2 atom stereocenters. The van der Waals surface area contributed by atoms with E-state index in [0.717, 1.165) is 16.2 Å². The number of hydrogen-bond acceptors (Lipinski definition) is 11. The predicted octanol–water partition coefficient (Wildman–Crippen LogP) is 1.86. The highest BCUT2D eigenvalue weighted by molar-refractivity contribution is 9.11. The Kier molecular flexibility index (Phi) is 9.17. The van der Waals surface area contributed by atoms with Gasteiger partial charge in [-0.25, -0.2) is 14.6 Å². The van der Waals surface area contributed by atoms with E-state index in [-0.39, 0.29) is 52.6 Å². The first kappa shape index (κ1) is 28.4. The summed E-state index contributed by atoms with van der Waals surface area (Å²) >= 11 is 5.59. The van der Waals surface area contributed by atoms with Crippen LogP contribution in [0.1, 0.15) is 16.1 Å². The lowest BCUT2D eigenvalue weighted by Crippen LogP contribution is -2.71. The van der Waals surface area contributed by atoms with Crippen molar-refractivity contribution in [3.05, 3.63) is 56.6 Å². The number of amides is 2. The molecule has 1 saturated heterocycles. The monoisotopic (exact) mass is 631 g/mol. The van der Waals surface area contributed by atoms with E-state index < -0.39 is 35.2 Å². The largest absolute Gasteiger partial charge is 0.477 e. The summed E-state index contributed by atoms with van der Waals surface area (Å²) in [5.41, 5.74) is 5.96. The molecular formula is C21H19BrClN5O7S2. The van der Waals surface area contributed by atoms with Crippen LogP contribution in [0.4, 0.5) is 5.13 Å². The van der Waals surface area contributed by atoms with Crippen LogP contribution in [0.15, 0.2) is 50.5 Å². The third-order valence-electron chi connectivity index (χ3n) is 5.15. The molecule has 1 unspecified atom stereocenters. The number of rotatable bonds is 8. The van der Waals surface area contributed by atoms with Gasteiger partial charge in [0, 0.05) is 11.3 Å². The highest BCUT2D eigenvalue weighted by Gasteiger charge is 2.54. The smallest absolute Gasteiger partial charge is 0.352 e. The van der Waals surface area contributed by atoms with Crippen molar-refractivity contribution < 1.29 is 33.9 Å². The molecular weight excluding hydrogens is 614 g/mol. The molecule has 4 rings (SSSR count).